The van der Waals surface area contributed by atoms with Crippen LogP contribution < -0.4 is 14.2 Å². The number of hydrogen-bond acceptors (Lipinski definition) is 7. The number of rotatable bonds is 2. The van der Waals surface area contributed by atoms with Gasteiger partial charge in [-0.25, -0.2) is 4.79 Å². The Labute approximate surface area is 197 Å². The summed E-state index contributed by atoms with van der Waals surface area (Å²) in [6.07, 6.45) is 0. The summed E-state index contributed by atoms with van der Waals surface area (Å²) >= 11 is 12.5. The summed E-state index contributed by atoms with van der Waals surface area (Å²) in [7, 11) is 0. The number of esters is 3. The summed E-state index contributed by atoms with van der Waals surface area (Å²) < 4.78 is 22.5. The van der Waals surface area contributed by atoms with E-state index in [4.69, 9.17) is 42.1 Å². The van der Waals surface area contributed by atoms with Gasteiger partial charge in [0.2, 0.25) is 0 Å². The zero-order chi connectivity index (χ0) is 23.5. The van der Waals surface area contributed by atoms with Gasteiger partial charge in [-0.2, -0.15) is 0 Å². The second-order valence-electron chi connectivity index (χ2n) is 7.46. The average Bonchev–Trinajstić information content (AvgIpc) is 3.03. The average molecular weight is 485 g/mol. The predicted molar refractivity (Wildman–Crippen MR) is 117 cm³/mol. The minimum Gasteiger partial charge on any atom is -0.456 e. The van der Waals surface area contributed by atoms with Gasteiger partial charge >= 0.3 is 17.9 Å². The van der Waals surface area contributed by atoms with Crippen molar-refractivity contribution in [2.45, 2.75) is 19.4 Å². The zero-order valence-corrected chi connectivity index (χ0v) is 18.7. The largest absolute Gasteiger partial charge is 0.456 e. The molecule has 0 aliphatic carbocycles. The molecule has 3 aromatic rings. The van der Waals surface area contributed by atoms with E-state index < -0.39 is 23.5 Å². The van der Waals surface area contributed by atoms with Crippen molar-refractivity contribution in [3.05, 3.63) is 80.8 Å². The summed E-state index contributed by atoms with van der Waals surface area (Å²) in [6.45, 7) is 2.56. The van der Waals surface area contributed by atoms with E-state index in [1.165, 1.54) is 26.0 Å². The van der Waals surface area contributed by atoms with Crippen LogP contribution in [0.25, 0.3) is 0 Å². The Morgan fingerprint density at radius 2 is 1.33 bits per heavy atom. The van der Waals surface area contributed by atoms with Crippen LogP contribution in [0.5, 0.6) is 23.0 Å². The van der Waals surface area contributed by atoms with Crippen molar-refractivity contribution in [1.29, 1.82) is 0 Å². The molecule has 0 atom stereocenters. The first-order valence-corrected chi connectivity index (χ1v) is 10.5. The molecule has 0 N–H and O–H groups in total. The van der Waals surface area contributed by atoms with Crippen LogP contribution in [-0.2, 0) is 19.9 Å². The van der Waals surface area contributed by atoms with E-state index in [0.717, 1.165) is 0 Å². The molecule has 0 bridgehead atoms. The number of benzene rings is 3. The Morgan fingerprint density at radius 1 is 0.818 bits per heavy atom. The maximum absolute atomic E-state index is 13.0. The first kappa shape index (κ1) is 21.3. The van der Waals surface area contributed by atoms with Gasteiger partial charge < -0.3 is 18.9 Å². The van der Waals surface area contributed by atoms with Gasteiger partial charge in [0.1, 0.15) is 23.0 Å². The van der Waals surface area contributed by atoms with E-state index in [9.17, 15) is 14.4 Å². The summed E-state index contributed by atoms with van der Waals surface area (Å²) in [5, 5.41) is 0.297. The fraction of sp³-hybridized carbons (Fsp3) is 0.125. The summed E-state index contributed by atoms with van der Waals surface area (Å²) in [5.41, 5.74) is 0.213. The summed E-state index contributed by atoms with van der Waals surface area (Å²) in [4.78, 5) is 35.9. The van der Waals surface area contributed by atoms with Crippen molar-refractivity contribution in [3.63, 3.8) is 0 Å². The first-order chi connectivity index (χ1) is 15.7. The summed E-state index contributed by atoms with van der Waals surface area (Å²) in [6, 6.07) is 12.8. The molecule has 1 spiro atoms. The normalized spacial score (nSPS) is 14.5. The quantitative estimate of drug-likeness (QED) is 0.354. The van der Waals surface area contributed by atoms with E-state index >= 15 is 0 Å². The number of halogens is 2. The van der Waals surface area contributed by atoms with Gasteiger partial charge in [0.15, 0.2) is 5.60 Å². The highest BCUT2D eigenvalue weighted by Gasteiger charge is 2.54. The Morgan fingerprint density at radius 3 is 1.85 bits per heavy atom. The molecular weight excluding hydrogens is 471 g/mol. The third kappa shape index (κ3) is 3.23. The minimum absolute atomic E-state index is 0.0821. The molecule has 0 saturated heterocycles. The fourth-order valence-electron chi connectivity index (χ4n) is 4.17. The lowest BCUT2D eigenvalue weighted by Crippen LogP contribution is -2.33. The molecule has 2 aliphatic heterocycles. The van der Waals surface area contributed by atoms with Crippen LogP contribution in [0.1, 0.15) is 40.9 Å². The smallest absolute Gasteiger partial charge is 0.341 e. The van der Waals surface area contributed by atoms with Gasteiger partial charge in [0, 0.05) is 42.7 Å². The van der Waals surface area contributed by atoms with E-state index in [-0.39, 0.29) is 38.6 Å². The summed E-state index contributed by atoms with van der Waals surface area (Å²) in [5.74, 6) is -0.594. The number of carbonyl (C=O) groups is 3. The van der Waals surface area contributed by atoms with Gasteiger partial charge in [0.05, 0.1) is 15.6 Å². The number of fused-ring (bicyclic) bond motifs is 6. The molecule has 0 amide bonds. The first-order valence-electron chi connectivity index (χ1n) is 9.76. The third-order valence-electron chi connectivity index (χ3n) is 5.33. The van der Waals surface area contributed by atoms with Crippen LogP contribution in [0.2, 0.25) is 10.0 Å². The van der Waals surface area contributed by atoms with Crippen molar-refractivity contribution in [3.8, 4) is 23.0 Å². The molecule has 5 rings (SSSR count). The van der Waals surface area contributed by atoms with Crippen molar-refractivity contribution in [2.24, 2.45) is 0 Å². The fourth-order valence-corrected chi connectivity index (χ4v) is 4.57. The lowest BCUT2D eigenvalue weighted by molar-refractivity contribution is -0.132. The highest BCUT2D eigenvalue weighted by molar-refractivity contribution is 6.44. The molecule has 0 aromatic heterocycles. The molecule has 0 radical (unpaired) electrons. The van der Waals surface area contributed by atoms with Gasteiger partial charge in [-0.05, 0) is 30.3 Å². The minimum atomic E-state index is -1.41. The molecule has 9 heteroatoms. The molecule has 0 saturated carbocycles. The lowest BCUT2D eigenvalue weighted by Gasteiger charge is -2.36. The number of hydrogen-bond donors (Lipinski definition) is 0. The van der Waals surface area contributed by atoms with Crippen LogP contribution in [-0.4, -0.2) is 17.9 Å². The Balaban J connectivity index is 1.79. The monoisotopic (exact) mass is 484 g/mol. The molecule has 33 heavy (non-hydrogen) atoms. The van der Waals surface area contributed by atoms with Gasteiger partial charge in [-0.3, -0.25) is 9.59 Å². The Bertz CT molecular complexity index is 1310. The molecule has 2 aliphatic rings. The van der Waals surface area contributed by atoms with Crippen LogP contribution in [0.15, 0.2) is 48.5 Å². The van der Waals surface area contributed by atoms with Crippen molar-refractivity contribution in [1.82, 2.24) is 0 Å². The highest BCUT2D eigenvalue weighted by atomic mass is 35.5. The Kier molecular flexibility index (Phi) is 4.84. The maximum atomic E-state index is 13.0. The van der Waals surface area contributed by atoms with E-state index in [1.807, 2.05) is 0 Å². The van der Waals surface area contributed by atoms with Crippen LogP contribution in [0.4, 0.5) is 0 Å². The van der Waals surface area contributed by atoms with Gasteiger partial charge in [-0.1, -0.05) is 29.3 Å². The zero-order valence-electron chi connectivity index (χ0n) is 17.2. The second kappa shape index (κ2) is 7.50. The third-order valence-corrected chi connectivity index (χ3v) is 6.14. The topological polar surface area (TPSA) is 88.1 Å². The molecule has 7 nitrogen and oxygen atoms in total. The van der Waals surface area contributed by atoms with E-state index in [1.54, 1.807) is 36.4 Å². The molecular formula is C24H14Cl2O7. The Hall–Kier alpha value is -3.55. The molecule has 0 fully saturated rings. The molecule has 2 heterocycles. The molecule has 166 valence electrons. The van der Waals surface area contributed by atoms with E-state index in [0.29, 0.717) is 16.7 Å². The molecule has 0 unspecified atom stereocenters. The van der Waals surface area contributed by atoms with Crippen molar-refractivity contribution >= 4 is 41.1 Å². The second-order valence-corrected chi connectivity index (χ2v) is 8.25. The predicted octanol–water partition coefficient (Wildman–Crippen LogP) is 5.41. The number of ether oxygens (including phenoxy) is 4. The SMILES string of the molecule is CC(=O)Oc1ccc2c(c1)Oc1cc(OC(C)=O)ccc1C21OC(=O)c2c1ccc(Cl)c2Cl. The standard InChI is InChI=1S/C24H14Cl2O7/c1-11(27)30-13-3-5-15-19(9-13)32-20-10-14(31-12(2)28)4-6-16(20)24(15)17-7-8-18(25)22(26)21(17)23(29)33-24/h3-10H,1-2H3. The lowest BCUT2D eigenvalue weighted by atomic mass is 9.77. The highest BCUT2D eigenvalue weighted by Crippen LogP contribution is 2.58. The van der Waals surface area contributed by atoms with E-state index in [2.05, 4.69) is 0 Å². The van der Waals surface area contributed by atoms with Crippen molar-refractivity contribution in [2.75, 3.05) is 0 Å². The van der Waals surface area contributed by atoms with Crippen LogP contribution in [0.3, 0.4) is 0 Å². The van der Waals surface area contributed by atoms with Crippen LogP contribution >= 0.6 is 23.2 Å². The van der Waals surface area contributed by atoms with Crippen molar-refractivity contribution < 1.29 is 33.3 Å². The number of carbonyl (C=O) groups excluding carboxylic acids is 3. The van der Waals surface area contributed by atoms with Gasteiger partial charge in [0.25, 0.3) is 0 Å². The molecule has 3 aromatic carbocycles. The maximum Gasteiger partial charge on any atom is 0.341 e. The van der Waals surface area contributed by atoms with Crippen LogP contribution in [0, 0.1) is 0 Å². The van der Waals surface area contributed by atoms with Gasteiger partial charge in [-0.15, -0.1) is 0 Å².